The lowest BCUT2D eigenvalue weighted by Gasteiger charge is -2.43. The smallest absolute Gasteiger partial charge is 0.269 e. The number of nitrogen functional groups attached to an aromatic ring is 1. The van der Waals surface area contributed by atoms with Gasteiger partial charge in [-0.15, -0.1) is 0 Å². The number of rotatable bonds is 3. The Morgan fingerprint density at radius 2 is 2.29 bits per heavy atom. The fourth-order valence-electron chi connectivity index (χ4n) is 3.91. The zero-order valence-corrected chi connectivity index (χ0v) is 13.2. The van der Waals surface area contributed by atoms with E-state index < -0.39 is 0 Å². The zero-order chi connectivity index (χ0) is 16.7. The number of nitrogens with zero attached hydrogens (tertiary/aromatic N) is 2. The predicted octanol–water partition coefficient (Wildman–Crippen LogP) is -0.169. The fraction of sp³-hybridized carbons (Fsp3) is 0.438. The molecular formula is C16H20N6O2. The molecule has 2 aromatic heterocycles. The normalized spacial score (nSPS) is 25.1. The van der Waals surface area contributed by atoms with E-state index in [1.165, 1.54) is 6.07 Å². The first-order chi connectivity index (χ1) is 11.6. The maximum Gasteiger partial charge on any atom is 0.269 e. The second-order valence-corrected chi connectivity index (χ2v) is 6.49. The number of anilines is 1. The van der Waals surface area contributed by atoms with Gasteiger partial charge in [0.2, 0.25) is 0 Å². The number of hydrogen-bond acceptors (Lipinski definition) is 5. The van der Waals surface area contributed by atoms with Gasteiger partial charge in [-0.1, -0.05) is 6.07 Å². The van der Waals surface area contributed by atoms with E-state index in [-0.39, 0.29) is 23.3 Å². The van der Waals surface area contributed by atoms with Gasteiger partial charge in [0.15, 0.2) is 0 Å². The van der Waals surface area contributed by atoms with E-state index in [2.05, 4.69) is 20.8 Å². The van der Waals surface area contributed by atoms with Gasteiger partial charge in [-0.3, -0.25) is 14.7 Å². The van der Waals surface area contributed by atoms with Crippen LogP contribution in [0.3, 0.4) is 0 Å². The van der Waals surface area contributed by atoms with Crippen LogP contribution >= 0.6 is 0 Å². The van der Waals surface area contributed by atoms with E-state index >= 15 is 0 Å². The molecule has 2 aliphatic rings. The first-order valence-electron chi connectivity index (χ1n) is 8.14. The number of pyridine rings is 1. The number of carbonyl (C=O) groups excluding carboxylic acids is 1. The van der Waals surface area contributed by atoms with Crippen LogP contribution in [0.4, 0.5) is 5.82 Å². The lowest BCUT2D eigenvalue weighted by Crippen LogP contribution is -2.50. The molecule has 0 saturated carbocycles. The highest BCUT2D eigenvalue weighted by molar-refractivity contribution is 5.92. The molecule has 5 N–H and O–H groups in total. The third-order valence-corrected chi connectivity index (χ3v) is 5.01. The maximum absolute atomic E-state index is 12.4. The molecule has 1 fully saturated rings. The van der Waals surface area contributed by atoms with Crippen molar-refractivity contribution in [2.24, 2.45) is 5.92 Å². The minimum atomic E-state index is -0.268. The van der Waals surface area contributed by atoms with Gasteiger partial charge in [0.25, 0.3) is 11.5 Å². The first kappa shape index (κ1) is 14.9. The highest BCUT2D eigenvalue weighted by Gasteiger charge is 2.37. The third-order valence-electron chi connectivity index (χ3n) is 5.01. The van der Waals surface area contributed by atoms with Gasteiger partial charge in [-0.05, 0) is 18.4 Å². The number of nitrogens with two attached hydrogens (primary N) is 1. The SMILES string of the molecule is Nc1cc(C(=O)NC[C@H]2[C@@H]3CNC[C@@H](C3)c3cccc(=O)n32)[nH]n1. The van der Waals surface area contributed by atoms with Gasteiger partial charge in [0.1, 0.15) is 11.5 Å². The summed E-state index contributed by atoms with van der Waals surface area (Å²) in [4.78, 5) is 24.7. The molecule has 2 bridgehead atoms. The summed E-state index contributed by atoms with van der Waals surface area (Å²) in [6.45, 7) is 2.15. The monoisotopic (exact) mass is 328 g/mol. The molecule has 3 atom stereocenters. The van der Waals surface area contributed by atoms with E-state index in [0.717, 1.165) is 25.2 Å². The Morgan fingerprint density at radius 3 is 3.08 bits per heavy atom. The zero-order valence-electron chi connectivity index (χ0n) is 13.2. The van der Waals surface area contributed by atoms with E-state index in [4.69, 9.17) is 5.73 Å². The van der Waals surface area contributed by atoms with Crippen LogP contribution in [0.15, 0.2) is 29.1 Å². The second-order valence-electron chi connectivity index (χ2n) is 6.49. The van der Waals surface area contributed by atoms with Crippen molar-refractivity contribution >= 4 is 11.7 Å². The summed E-state index contributed by atoms with van der Waals surface area (Å²) in [5.74, 6) is 0.690. The average Bonchev–Trinajstić information content (AvgIpc) is 3.02. The summed E-state index contributed by atoms with van der Waals surface area (Å²) in [7, 11) is 0. The Balaban J connectivity index is 1.59. The lowest BCUT2D eigenvalue weighted by atomic mass is 9.79. The van der Waals surface area contributed by atoms with Crippen molar-refractivity contribution in [1.29, 1.82) is 0 Å². The first-order valence-corrected chi connectivity index (χ1v) is 8.14. The van der Waals surface area contributed by atoms with Crippen molar-refractivity contribution in [2.75, 3.05) is 25.4 Å². The van der Waals surface area contributed by atoms with Crippen molar-refractivity contribution in [3.05, 3.63) is 46.0 Å². The number of fused-ring (bicyclic) bond motifs is 4. The molecule has 4 heterocycles. The van der Waals surface area contributed by atoms with Gasteiger partial charge in [0.05, 0.1) is 6.04 Å². The highest BCUT2D eigenvalue weighted by Crippen LogP contribution is 2.38. The number of piperidine rings is 1. The summed E-state index contributed by atoms with van der Waals surface area (Å²) in [6.07, 6.45) is 1.04. The number of aromatic amines is 1. The molecule has 0 radical (unpaired) electrons. The molecule has 0 spiro atoms. The van der Waals surface area contributed by atoms with Crippen LogP contribution in [-0.2, 0) is 0 Å². The Morgan fingerprint density at radius 1 is 1.42 bits per heavy atom. The topological polar surface area (TPSA) is 118 Å². The van der Waals surface area contributed by atoms with E-state index in [1.54, 1.807) is 6.07 Å². The molecule has 1 saturated heterocycles. The van der Waals surface area contributed by atoms with Gasteiger partial charge in [-0.2, -0.15) is 5.10 Å². The van der Waals surface area contributed by atoms with Gasteiger partial charge in [-0.25, -0.2) is 0 Å². The summed E-state index contributed by atoms with van der Waals surface area (Å²) >= 11 is 0. The summed E-state index contributed by atoms with van der Waals surface area (Å²) < 4.78 is 1.86. The van der Waals surface area contributed by atoms with Crippen molar-refractivity contribution < 1.29 is 4.79 Å². The molecule has 8 nitrogen and oxygen atoms in total. The van der Waals surface area contributed by atoms with Crippen molar-refractivity contribution in [3.63, 3.8) is 0 Å². The summed E-state index contributed by atoms with van der Waals surface area (Å²) in [5, 5.41) is 12.7. The van der Waals surface area contributed by atoms with Crippen molar-refractivity contribution in [1.82, 2.24) is 25.4 Å². The number of nitrogens with one attached hydrogen (secondary N) is 3. The lowest BCUT2D eigenvalue weighted by molar-refractivity contribution is 0.0927. The Kier molecular flexibility index (Phi) is 3.61. The van der Waals surface area contributed by atoms with Crippen LogP contribution in [-0.4, -0.2) is 40.3 Å². The third kappa shape index (κ3) is 2.48. The Bertz CT molecular complexity index is 826. The van der Waals surface area contributed by atoms with Gasteiger partial charge < -0.3 is 20.9 Å². The van der Waals surface area contributed by atoms with Crippen molar-refractivity contribution in [2.45, 2.75) is 18.4 Å². The summed E-state index contributed by atoms with van der Waals surface area (Å²) in [5.41, 5.74) is 6.90. The minimum Gasteiger partial charge on any atom is -0.382 e. The highest BCUT2D eigenvalue weighted by atomic mass is 16.2. The molecule has 0 unspecified atom stereocenters. The largest absolute Gasteiger partial charge is 0.382 e. The maximum atomic E-state index is 12.4. The second kappa shape index (κ2) is 5.79. The molecule has 2 aromatic rings. The minimum absolute atomic E-state index is 0.00543. The molecule has 1 amide bonds. The van der Waals surface area contributed by atoms with Gasteiger partial charge >= 0.3 is 0 Å². The molecule has 0 aromatic carbocycles. The van der Waals surface area contributed by atoms with Crippen LogP contribution in [0.5, 0.6) is 0 Å². The number of aromatic nitrogens is 3. The van der Waals surface area contributed by atoms with Crippen LogP contribution in [0, 0.1) is 5.92 Å². The number of amides is 1. The fourth-order valence-corrected chi connectivity index (χ4v) is 3.91. The standard InChI is InChI=1S/C16H20N6O2/c17-14-5-11(20-21-14)16(24)19-8-13-10-4-9(6-18-7-10)12-2-1-3-15(23)22(12)13/h1-3,5,9-10,13,18H,4,6-8H2,(H,19,24)(H3,17,20,21)/t9-,10+,13+/m1/s1. The van der Waals surface area contributed by atoms with E-state index in [0.29, 0.717) is 24.1 Å². The molecule has 4 rings (SSSR count). The van der Waals surface area contributed by atoms with Crippen LogP contribution in [0.2, 0.25) is 0 Å². The van der Waals surface area contributed by atoms with Crippen LogP contribution < -0.4 is 21.9 Å². The molecule has 2 aliphatic heterocycles. The van der Waals surface area contributed by atoms with E-state index in [9.17, 15) is 9.59 Å². The Labute approximate surface area is 138 Å². The van der Waals surface area contributed by atoms with Crippen LogP contribution in [0.25, 0.3) is 0 Å². The number of carbonyl (C=O) groups is 1. The molecule has 24 heavy (non-hydrogen) atoms. The summed E-state index contributed by atoms with van der Waals surface area (Å²) in [6, 6.07) is 6.85. The molecule has 126 valence electrons. The average molecular weight is 328 g/mol. The number of hydrogen-bond donors (Lipinski definition) is 4. The Hall–Kier alpha value is -2.61. The van der Waals surface area contributed by atoms with Crippen molar-refractivity contribution in [3.8, 4) is 0 Å². The predicted molar refractivity (Wildman–Crippen MR) is 88.8 cm³/mol. The molecular weight excluding hydrogens is 308 g/mol. The van der Waals surface area contributed by atoms with Gasteiger partial charge in [0, 0.05) is 43.4 Å². The quantitative estimate of drug-likeness (QED) is 0.624. The molecule has 8 heteroatoms. The van der Waals surface area contributed by atoms with E-state index in [1.807, 2.05) is 16.7 Å². The van der Waals surface area contributed by atoms with Crippen LogP contribution in [0.1, 0.15) is 34.6 Å². The molecule has 0 aliphatic carbocycles. The number of H-pyrrole nitrogens is 1.